The van der Waals surface area contributed by atoms with Crippen LogP contribution in [0.2, 0.25) is 0 Å². The van der Waals surface area contributed by atoms with E-state index in [1.807, 2.05) is 12.3 Å². The van der Waals surface area contributed by atoms with Gasteiger partial charge in [-0.3, -0.25) is 16.3 Å². The molecule has 1 unspecified atom stereocenters. The van der Waals surface area contributed by atoms with Crippen molar-refractivity contribution in [3.63, 3.8) is 0 Å². The predicted molar refractivity (Wildman–Crippen MR) is 75.9 cm³/mol. The minimum atomic E-state index is 0.163. The quantitative estimate of drug-likeness (QED) is 0.643. The van der Waals surface area contributed by atoms with Crippen molar-refractivity contribution in [2.24, 2.45) is 11.3 Å². The molecule has 0 bridgehead atoms. The van der Waals surface area contributed by atoms with Gasteiger partial charge in [-0.2, -0.15) is 0 Å². The summed E-state index contributed by atoms with van der Waals surface area (Å²) in [5, 5.41) is 1.16. The fourth-order valence-corrected chi connectivity index (χ4v) is 2.19. The Morgan fingerprint density at radius 3 is 2.72 bits per heavy atom. The number of nitrogens with one attached hydrogen (secondary N) is 1. The molecule has 2 rings (SSSR count). The molecule has 0 saturated carbocycles. The lowest BCUT2D eigenvalue weighted by molar-refractivity contribution is 0.313. The zero-order valence-electron chi connectivity index (χ0n) is 11.3. The standard InChI is InChI=1S/C15H21N3/c1-15(2,3)10-14(18-16)12-7-6-11-5-4-8-17-13(11)9-12/h4-9,14,18H,10,16H2,1-3H3. The summed E-state index contributed by atoms with van der Waals surface area (Å²) in [6.45, 7) is 6.66. The first-order valence-electron chi connectivity index (χ1n) is 6.30. The van der Waals surface area contributed by atoms with Crippen molar-refractivity contribution in [1.82, 2.24) is 10.4 Å². The predicted octanol–water partition coefficient (Wildman–Crippen LogP) is 3.18. The van der Waals surface area contributed by atoms with Crippen LogP contribution < -0.4 is 11.3 Å². The molecule has 0 aliphatic carbocycles. The molecule has 2 aromatic rings. The molecule has 0 aliphatic rings. The van der Waals surface area contributed by atoms with Crippen LogP contribution >= 0.6 is 0 Å². The second-order valence-electron chi connectivity index (χ2n) is 5.94. The lowest BCUT2D eigenvalue weighted by Crippen LogP contribution is -2.31. The van der Waals surface area contributed by atoms with Crippen LogP contribution in [0.1, 0.15) is 38.8 Å². The van der Waals surface area contributed by atoms with Crippen molar-refractivity contribution in [2.45, 2.75) is 33.2 Å². The summed E-state index contributed by atoms with van der Waals surface area (Å²) in [6.07, 6.45) is 2.81. The van der Waals surface area contributed by atoms with E-state index in [9.17, 15) is 0 Å². The molecule has 0 radical (unpaired) electrons. The van der Waals surface area contributed by atoms with E-state index in [2.05, 4.69) is 55.4 Å². The van der Waals surface area contributed by atoms with Gasteiger partial charge in [-0.05, 0) is 29.5 Å². The lowest BCUT2D eigenvalue weighted by atomic mass is 9.85. The van der Waals surface area contributed by atoms with E-state index < -0.39 is 0 Å². The van der Waals surface area contributed by atoms with Crippen LogP contribution in [0.4, 0.5) is 0 Å². The Morgan fingerprint density at radius 1 is 1.28 bits per heavy atom. The van der Waals surface area contributed by atoms with E-state index in [1.54, 1.807) is 0 Å². The van der Waals surface area contributed by atoms with Gasteiger partial charge in [0.25, 0.3) is 0 Å². The van der Waals surface area contributed by atoms with Gasteiger partial charge >= 0.3 is 0 Å². The van der Waals surface area contributed by atoms with E-state index in [0.717, 1.165) is 17.3 Å². The van der Waals surface area contributed by atoms with Crippen molar-refractivity contribution in [2.75, 3.05) is 0 Å². The second-order valence-corrected chi connectivity index (χ2v) is 5.94. The monoisotopic (exact) mass is 243 g/mol. The minimum Gasteiger partial charge on any atom is -0.271 e. The summed E-state index contributed by atoms with van der Waals surface area (Å²) in [7, 11) is 0. The summed E-state index contributed by atoms with van der Waals surface area (Å²) < 4.78 is 0. The highest BCUT2D eigenvalue weighted by Gasteiger charge is 2.19. The third-order valence-electron chi connectivity index (χ3n) is 3.05. The van der Waals surface area contributed by atoms with E-state index >= 15 is 0 Å². The van der Waals surface area contributed by atoms with Crippen molar-refractivity contribution in [3.05, 3.63) is 42.1 Å². The topological polar surface area (TPSA) is 50.9 Å². The van der Waals surface area contributed by atoms with Gasteiger partial charge in [-0.15, -0.1) is 0 Å². The summed E-state index contributed by atoms with van der Waals surface area (Å²) in [5.41, 5.74) is 5.35. The van der Waals surface area contributed by atoms with Gasteiger partial charge in [0.15, 0.2) is 0 Å². The van der Waals surface area contributed by atoms with Crippen LogP contribution in [0.25, 0.3) is 10.9 Å². The molecule has 3 heteroatoms. The van der Waals surface area contributed by atoms with Crippen molar-refractivity contribution >= 4 is 10.9 Å². The number of nitrogens with zero attached hydrogens (tertiary/aromatic N) is 1. The van der Waals surface area contributed by atoms with Gasteiger partial charge in [0.1, 0.15) is 0 Å². The van der Waals surface area contributed by atoms with Crippen LogP contribution in [-0.4, -0.2) is 4.98 Å². The highest BCUT2D eigenvalue weighted by Crippen LogP contribution is 2.29. The zero-order chi connectivity index (χ0) is 13.2. The Labute approximate surface area is 108 Å². The average molecular weight is 243 g/mol. The lowest BCUT2D eigenvalue weighted by Gasteiger charge is -2.25. The first kappa shape index (κ1) is 13.0. The van der Waals surface area contributed by atoms with Crippen molar-refractivity contribution < 1.29 is 0 Å². The third-order valence-corrected chi connectivity index (χ3v) is 3.05. The Kier molecular flexibility index (Phi) is 3.64. The fraction of sp³-hybridized carbons (Fsp3) is 0.400. The molecule has 0 fully saturated rings. The Balaban J connectivity index is 2.33. The van der Waals surface area contributed by atoms with Crippen LogP contribution in [0.15, 0.2) is 36.5 Å². The molecule has 1 aromatic carbocycles. The second kappa shape index (κ2) is 5.04. The van der Waals surface area contributed by atoms with Gasteiger partial charge in [0.2, 0.25) is 0 Å². The molecule has 96 valence electrons. The third kappa shape index (κ3) is 3.06. The molecule has 0 amide bonds. The van der Waals surface area contributed by atoms with Crippen LogP contribution in [0.3, 0.4) is 0 Å². The van der Waals surface area contributed by atoms with Crippen molar-refractivity contribution in [1.29, 1.82) is 0 Å². The normalized spacial score (nSPS) is 13.8. The molecule has 3 N–H and O–H groups in total. The van der Waals surface area contributed by atoms with Gasteiger partial charge < -0.3 is 0 Å². The minimum absolute atomic E-state index is 0.163. The van der Waals surface area contributed by atoms with Crippen LogP contribution in [0, 0.1) is 5.41 Å². The van der Waals surface area contributed by atoms with E-state index in [4.69, 9.17) is 5.84 Å². The number of nitrogens with two attached hydrogens (primary N) is 1. The van der Waals surface area contributed by atoms with Gasteiger partial charge in [0, 0.05) is 17.6 Å². The molecule has 0 spiro atoms. The Hall–Kier alpha value is -1.45. The average Bonchev–Trinajstić information content (AvgIpc) is 2.34. The molecule has 0 saturated heterocycles. The maximum Gasteiger partial charge on any atom is 0.0705 e. The smallest absolute Gasteiger partial charge is 0.0705 e. The molecular weight excluding hydrogens is 222 g/mol. The number of aromatic nitrogens is 1. The number of benzene rings is 1. The molecule has 1 heterocycles. The van der Waals surface area contributed by atoms with Gasteiger partial charge in [-0.25, -0.2) is 0 Å². The number of hydrazine groups is 1. The molecule has 3 nitrogen and oxygen atoms in total. The van der Waals surface area contributed by atoms with Crippen molar-refractivity contribution in [3.8, 4) is 0 Å². The Morgan fingerprint density at radius 2 is 2.06 bits per heavy atom. The summed E-state index contributed by atoms with van der Waals surface area (Å²) in [6, 6.07) is 10.5. The van der Waals surface area contributed by atoms with E-state index in [0.29, 0.717) is 0 Å². The number of hydrogen-bond acceptors (Lipinski definition) is 3. The van der Waals surface area contributed by atoms with Crippen LogP contribution in [-0.2, 0) is 0 Å². The number of pyridine rings is 1. The van der Waals surface area contributed by atoms with E-state index in [1.165, 1.54) is 5.56 Å². The largest absolute Gasteiger partial charge is 0.271 e. The number of hydrogen-bond donors (Lipinski definition) is 2. The first-order chi connectivity index (χ1) is 8.49. The van der Waals surface area contributed by atoms with Gasteiger partial charge in [-0.1, -0.05) is 39.0 Å². The zero-order valence-corrected chi connectivity index (χ0v) is 11.3. The highest BCUT2D eigenvalue weighted by molar-refractivity contribution is 5.78. The SMILES string of the molecule is CC(C)(C)CC(NN)c1ccc2cccnc2c1. The molecule has 1 aromatic heterocycles. The summed E-state index contributed by atoms with van der Waals surface area (Å²) in [5.74, 6) is 5.69. The Bertz CT molecular complexity index is 528. The van der Waals surface area contributed by atoms with Crippen LogP contribution in [0.5, 0.6) is 0 Å². The highest BCUT2D eigenvalue weighted by atomic mass is 15.2. The molecule has 1 atom stereocenters. The number of rotatable bonds is 3. The molecular formula is C15H21N3. The summed E-state index contributed by atoms with van der Waals surface area (Å²) >= 11 is 0. The molecule has 0 aliphatic heterocycles. The summed E-state index contributed by atoms with van der Waals surface area (Å²) in [4.78, 5) is 4.39. The fourth-order valence-electron chi connectivity index (χ4n) is 2.19. The van der Waals surface area contributed by atoms with E-state index in [-0.39, 0.29) is 11.5 Å². The molecule has 18 heavy (non-hydrogen) atoms. The maximum atomic E-state index is 5.69. The maximum absolute atomic E-state index is 5.69. The number of fused-ring (bicyclic) bond motifs is 1. The first-order valence-corrected chi connectivity index (χ1v) is 6.30. The van der Waals surface area contributed by atoms with Gasteiger partial charge in [0.05, 0.1) is 5.52 Å².